The molecule has 3 heteroatoms. The van der Waals surface area contributed by atoms with Gasteiger partial charge in [0.2, 0.25) is 0 Å². The minimum atomic E-state index is -0.552. The number of aliphatic hydroxyl groups is 1. The summed E-state index contributed by atoms with van der Waals surface area (Å²) in [7, 11) is 0. The Morgan fingerprint density at radius 3 is 2.93 bits per heavy atom. The van der Waals surface area contributed by atoms with Crippen molar-refractivity contribution in [2.45, 2.75) is 32.8 Å². The fraction of sp³-hybridized carbons (Fsp3) is 0.455. The average Bonchev–Trinajstić information content (AvgIpc) is 2.17. The van der Waals surface area contributed by atoms with E-state index in [9.17, 15) is 5.11 Å². The third-order valence-corrected chi connectivity index (χ3v) is 2.12. The van der Waals surface area contributed by atoms with Crippen molar-refractivity contribution in [2.24, 2.45) is 0 Å². The first kappa shape index (κ1) is 10.9. The second-order valence-corrected chi connectivity index (χ2v) is 3.35. The maximum absolute atomic E-state index is 9.80. The summed E-state index contributed by atoms with van der Waals surface area (Å²) in [6, 6.07) is 1.74. The number of hydrogen-bond donors (Lipinski definition) is 1. The molecule has 0 fully saturated rings. The van der Waals surface area contributed by atoms with E-state index in [0.29, 0.717) is 17.9 Å². The zero-order valence-electron chi connectivity index (χ0n) is 8.70. The molecule has 1 atom stereocenters. The van der Waals surface area contributed by atoms with Gasteiger partial charge in [0.1, 0.15) is 5.82 Å². The summed E-state index contributed by atoms with van der Waals surface area (Å²) in [4.78, 5) is 8.14. The molecule has 0 saturated carbocycles. The second-order valence-electron chi connectivity index (χ2n) is 3.35. The van der Waals surface area contributed by atoms with Gasteiger partial charge in [-0.05, 0) is 25.8 Å². The molecule has 1 heterocycles. The van der Waals surface area contributed by atoms with E-state index < -0.39 is 6.10 Å². The highest BCUT2D eigenvalue weighted by Crippen LogP contribution is 2.19. The highest BCUT2D eigenvalue weighted by molar-refractivity contribution is 5.08. The van der Waals surface area contributed by atoms with E-state index in [2.05, 4.69) is 16.5 Å². The molecular formula is C11H16N2O. The molecule has 0 bridgehead atoms. The van der Waals surface area contributed by atoms with Crippen LogP contribution in [0.5, 0.6) is 0 Å². The topological polar surface area (TPSA) is 46.0 Å². The largest absolute Gasteiger partial charge is 0.386 e. The molecular weight excluding hydrogens is 176 g/mol. The zero-order valence-corrected chi connectivity index (χ0v) is 8.70. The molecule has 14 heavy (non-hydrogen) atoms. The van der Waals surface area contributed by atoms with Gasteiger partial charge in [-0.2, -0.15) is 0 Å². The van der Waals surface area contributed by atoms with Crippen LogP contribution in [0.25, 0.3) is 0 Å². The van der Waals surface area contributed by atoms with Gasteiger partial charge in [-0.1, -0.05) is 19.1 Å². The molecule has 1 rings (SSSR count). The van der Waals surface area contributed by atoms with Crippen LogP contribution in [0.2, 0.25) is 0 Å². The maximum atomic E-state index is 9.80. The van der Waals surface area contributed by atoms with E-state index in [-0.39, 0.29) is 0 Å². The van der Waals surface area contributed by atoms with Crippen molar-refractivity contribution in [3.63, 3.8) is 0 Å². The van der Waals surface area contributed by atoms with Crippen LogP contribution < -0.4 is 0 Å². The summed E-state index contributed by atoms with van der Waals surface area (Å²) in [6.45, 7) is 7.70. The molecule has 0 spiro atoms. The van der Waals surface area contributed by atoms with Crippen molar-refractivity contribution in [1.29, 1.82) is 0 Å². The van der Waals surface area contributed by atoms with Crippen LogP contribution in [0.15, 0.2) is 24.4 Å². The first-order valence-electron chi connectivity index (χ1n) is 4.77. The number of nitrogens with zero attached hydrogens (tertiary/aromatic N) is 2. The number of hydrogen-bond acceptors (Lipinski definition) is 3. The smallest absolute Gasteiger partial charge is 0.125 e. The fourth-order valence-electron chi connectivity index (χ4n) is 1.18. The van der Waals surface area contributed by atoms with E-state index >= 15 is 0 Å². The Bertz CT molecular complexity index is 323. The van der Waals surface area contributed by atoms with E-state index in [4.69, 9.17) is 0 Å². The Morgan fingerprint density at radius 2 is 2.36 bits per heavy atom. The summed E-state index contributed by atoms with van der Waals surface area (Å²) in [5.74, 6) is 0.684. The summed E-state index contributed by atoms with van der Waals surface area (Å²) in [5, 5.41) is 9.80. The first-order valence-corrected chi connectivity index (χ1v) is 4.77. The molecule has 1 N–H and O–H groups in total. The zero-order chi connectivity index (χ0) is 10.6. The molecule has 76 valence electrons. The lowest BCUT2D eigenvalue weighted by molar-refractivity contribution is 0.172. The summed E-state index contributed by atoms with van der Waals surface area (Å²) >= 11 is 0. The van der Waals surface area contributed by atoms with Crippen molar-refractivity contribution < 1.29 is 5.11 Å². The SMILES string of the molecule is C=C(CC)CC(O)c1ccnc(C)n1. The monoisotopic (exact) mass is 192 g/mol. The highest BCUT2D eigenvalue weighted by Gasteiger charge is 2.09. The molecule has 0 aliphatic carbocycles. The quantitative estimate of drug-likeness (QED) is 0.744. The van der Waals surface area contributed by atoms with Gasteiger partial charge in [0.05, 0.1) is 11.8 Å². The molecule has 0 radical (unpaired) electrons. The van der Waals surface area contributed by atoms with E-state index in [1.807, 2.05) is 13.8 Å². The summed E-state index contributed by atoms with van der Waals surface area (Å²) < 4.78 is 0. The Labute approximate surface area is 84.5 Å². The van der Waals surface area contributed by atoms with Gasteiger partial charge in [-0.25, -0.2) is 9.97 Å². The van der Waals surface area contributed by atoms with Crippen molar-refractivity contribution in [3.8, 4) is 0 Å². The predicted octanol–water partition coefficient (Wildman–Crippen LogP) is 2.17. The van der Waals surface area contributed by atoms with Gasteiger partial charge in [-0.3, -0.25) is 0 Å². The molecule has 3 nitrogen and oxygen atoms in total. The standard InChI is InChI=1S/C11H16N2O/c1-4-8(2)7-11(14)10-5-6-12-9(3)13-10/h5-6,11,14H,2,4,7H2,1,3H3. The minimum absolute atomic E-state index is 0.552. The summed E-state index contributed by atoms with van der Waals surface area (Å²) in [6.07, 6.45) is 2.58. The Balaban J connectivity index is 2.69. The van der Waals surface area contributed by atoms with E-state index in [1.165, 1.54) is 0 Å². The van der Waals surface area contributed by atoms with Crippen molar-refractivity contribution in [2.75, 3.05) is 0 Å². The van der Waals surface area contributed by atoms with E-state index in [1.54, 1.807) is 12.3 Å². The normalized spacial score (nSPS) is 12.5. The molecule has 1 aromatic heterocycles. The van der Waals surface area contributed by atoms with Crippen LogP contribution in [0.1, 0.15) is 37.4 Å². The third kappa shape index (κ3) is 2.92. The van der Waals surface area contributed by atoms with Gasteiger partial charge in [0.25, 0.3) is 0 Å². The molecule has 0 amide bonds. The van der Waals surface area contributed by atoms with Gasteiger partial charge >= 0.3 is 0 Å². The van der Waals surface area contributed by atoms with Crippen molar-refractivity contribution in [1.82, 2.24) is 9.97 Å². The Morgan fingerprint density at radius 1 is 1.64 bits per heavy atom. The van der Waals surface area contributed by atoms with Crippen LogP contribution in [0.4, 0.5) is 0 Å². The number of aryl methyl sites for hydroxylation is 1. The fourth-order valence-corrected chi connectivity index (χ4v) is 1.18. The van der Waals surface area contributed by atoms with Gasteiger partial charge in [-0.15, -0.1) is 0 Å². The maximum Gasteiger partial charge on any atom is 0.125 e. The summed E-state index contributed by atoms with van der Waals surface area (Å²) in [5.41, 5.74) is 1.71. The predicted molar refractivity (Wildman–Crippen MR) is 55.8 cm³/mol. The van der Waals surface area contributed by atoms with Crippen LogP contribution in [-0.4, -0.2) is 15.1 Å². The lowest BCUT2D eigenvalue weighted by Crippen LogP contribution is -2.03. The molecule has 0 aromatic carbocycles. The second kappa shape index (κ2) is 4.86. The van der Waals surface area contributed by atoms with Gasteiger partial charge in [0, 0.05) is 6.20 Å². The highest BCUT2D eigenvalue weighted by atomic mass is 16.3. The Hall–Kier alpha value is -1.22. The molecule has 0 aliphatic rings. The van der Waals surface area contributed by atoms with Crippen molar-refractivity contribution >= 4 is 0 Å². The van der Waals surface area contributed by atoms with Crippen LogP contribution >= 0.6 is 0 Å². The lowest BCUT2D eigenvalue weighted by Gasteiger charge is -2.10. The lowest BCUT2D eigenvalue weighted by atomic mass is 10.1. The van der Waals surface area contributed by atoms with Gasteiger partial charge in [0.15, 0.2) is 0 Å². The number of aliphatic hydroxyl groups excluding tert-OH is 1. The molecule has 1 unspecified atom stereocenters. The van der Waals surface area contributed by atoms with Crippen LogP contribution in [0.3, 0.4) is 0 Å². The molecule has 1 aromatic rings. The van der Waals surface area contributed by atoms with Crippen LogP contribution in [0, 0.1) is 6.92 Å². The average molecular weight is 192 g/mol. The number of rotatable bonds is 4. The van der Waals surface area contributed by atoms with Crippen LogP contribution in [-0.2, 0) is 0 Å². The van der Waals surface area contributed by atoms with Crippen molar-refractivity contribution in [3.05, 3.63) is 35.9 Å². The minimum Gasteiger partial charge on any atom is -0.386 e. The first-order chi connectivity index (χ1) is 6.63. The van der Waals surface area contributed by atoms with Gasteiger partial charge < -0.3 is 5.11 Å². The Kier molecular flexibility index (Phi) is 3.77. The third-order valence-electron chi connectivity index (χ3n) is 2.12. The van der Waals surface area contributed by atoms with E-state index in [0.717, 1.165) is 12.0 Å². The number of aromatic nitrogens is 2. The molecule has 0 aliphatic heterocycles. The molecule has 0 saturated heterocycles.